The number of rotatable bonds is 11. The number of amides is 2. The summed E-state index contributed by atoms with van der Waals surface area (Å²) in [4.78, 5) is 49.3. The number of hydrogen-bond donors (Lipinski definition) is 4. The molecule has 0 spiro atoms. The van der Waals surface area contributed by atoms with Crippen LogP contribution in [0.25, 0.3) is 0 Å². The minimum Gasteiger partial charge on any atom is -0.480 e. The maximum Gasteiger partial charge on any atom is 1.00 e. The largest absolute Gasteiger partial charge is 1.00 e. The molecule has 0 aliphatic carbocycles. The molecule has 25 heteroatoms. The third-order valence-electron chi connectivity index (χ3n) is 4.76. The number of nitrogens with two attached hydrogens (primary N) is 1. The fourth-order valence-corrected chi connectivity index (χ4v) is 6.34. The van der Waals surface area contributed by atoms with E-state index in [2.05, 4.69) is 20.8 Å². The van der Waals surface area contributed by atoms with Crippen LogP contribution in [0.2, 0.25) is 0 Å². The number of aromatic nitrogens is 4. The number of β-lactam (4-membered cyclic amide) rings is 1. The molecule has 236 valence electrons. The number of fused-ring (bicyclic) bond motifs is 1. The molecule has 2 aliphatic heterocycles. The van der Waals surface area contributed by atoms with Crippen LogP contribution in [0.5, 0.6) is 0 Å². The number of methoxy groups -OCH3 is 1. The van der Waals surface area contributed by atoms with Crippen LogP contribution in [0.1, 0.15) is 0 Å². The number of aliphatic carboxylic acids is 2. The molecule has 19 N–H and O–H groups in total. The van der Waals surface area contributed by atoms with Crippen LogP contribution < -0.4 is 40.6 Å². The first-order valence-electron chi connectivity index (χ1n) is 9.30. The quantitative estimate of drug-likeness (QED) is 0.0736. The van der Waals surface area contributed by atoms with Gasteiger partial charge in [0, 0.05) is 31.4 Å². The molecule has 0 radical (unpaired) electrons. The summed E-state index contributed by atoms with van der Waals surface area (Å²) in [5, 5.41) is 31.9. The number of carboxylic acid groups (broad SMARTS) is 2. The van der Waals surface area contributed by atoms with E-state index >= 15 is 0 Å². The van der Waals surface area contributed by atoms with Gasteiger partial charge in [0.2, 0.25) is 11.1 Å². The van der Waals surface area contributed by atoms with Crippen molar-refractivity contribution in [3.63, 3.8) is 0 Å². The Balaban J connectivity index is -0.000000383. The van der Waals surface area contributed by atoms with Gasteiger partial charge in [-0.3, -0.25) is 19.3 Å². The molecule has 0 saturated carbocycles. The van der Waals surface area contributed by atoms with Crippen LogP contribution in [0.3, 0.4) is 0 Å². The van der Waals surface area contributed by atoms with Gasteiger partial charge >= 0.3 is 41.5 Å². The smallest absolute Gasteiger partial charge is 0.480 e. The van der Waals surface area contributed by atoms with Gasteiger partial charge < -0.3 is 64.3 Å². The summed E-state index contributed by atoms with van der Waals surface area (Å²) in [6, 6.07) is -1.12. The maximum atomic E-state index is 13.0. The summed E-state index contributed by atoms with van der Waals surface area (Å²) >= 11 is 3.50. The number of nitrogens with one attached hydrogen (secondary N) is 1. The first kappa shape index (κ1) is 52.1. The maximum absolute atomic E-state index is 13.0. The van der Waals surface area contributed by atoms with Crippen molar-refractivity contribution in [1.29, 1.82) is 0 Å². The molecule has 0 bridgehead atoms. The molecule has 0 aromatic carbocycles. The Bertz CT molecular complexity index is 1020. The molecule has 0 unspecified atom stereocenters. The second kappa shape index (κ2) is 22.0. The van der Waals surface area contributed by atoms with Gasteiger partial charge in [0.05, 0.1) is 5.75 Å². The van der Waals surface area contributed by atoms with Gasteiger partial charge in [0.15, 0.2) is 0 Å². The second-order valence-corrected chi connectivity index (χ2v) is 9.96. The van der Waals surface area contributed by atoms with Crippen molar-refractivity contribution in [2.24, 2.45) is 12.8 Å². The van der Waals surface area contributed by atoms with Crippen molar-refractivity contribution >= 4 is 59.0 Å². The summed E-state index contributed by atoms with van der Waals surface area (Å²) in [5.41, 5.74) is 4.05. The van der Waals surface area contributed by atoms with E-state index in [1.54, 1.807) is 7.05 Å². The van der Waals surface area contributed by atoms with Crippen molar-refractivity contribution in [1.82, 2.24) is 30.4 Å². The number of aryl methyl sites for hydroxylation is 1. The van der Waals surface area contributed by atoms with Gasteiger partial charge in [-0.25, -0.2) is 9.48 Å². The Morgan fingerprint density at radius 1 is 1.20 bits per heavy atom. The fraction of sp³-hybridized carbons (Fsp3) is 0.562. The predicted molar refractivity (Wildman–Crippen MR) is 143 cm³/mol. The molecule has 21 nitrogen and oxygen atoms in total. The molecule has 1 saturated heterocycles. The number of tetrazole rings is 1. The molecule has 41 heavy (non-hydrogen) atoms. The summed E-state index contributed by atoms with van der Waals surface area (Å²) in [7, 11) is 2.91. The average Bonchev–Trinajstić information content (AvgIpc) is 3.19. The van der Waals surface area contributed by atoms with Crippen molar-refractivity contribution in [2.45, 2.75) is 22.3 Å². The van der Waals surface area contributed by atoms with Crippen LogP contribution in [-0.4, -0.2) is 145 Å². The van der Waals surface area contributed by atoms with Gasteiger partial charge in [-0.2, -0.15) is 0 Å². The monoisotopic (exact) mass is 668 g/mol. The summed E-state index contributed by atoms with van der Waals surface area (Å²) in [6.45, 7) is 0. The number of carboxylic acids is 2. The minimum absolute atomic E-state index is 0. The Labute approximate surface area is 266 Å². The first-order valence-corrected chi connectivity index (χ1v) is 12.5. The molecule has 3 rings (SSSR count). The predicted octanol–water partition coefficient (Wildman–Crippen LogP) is -10.6. The van der Waals surface area contributed by atoms with E-state index in [0.717, 1.165) is 16.7 Å². The number of hydrogen-bond acceptors (Lipinski definition) is 12. The molecular formula is C16H35N7NaO14S3+. The second-order valence-electron chi connectivity index (χ2n) is 6.92. The van der Waals surface area contributed by atoms with Crippen LogP contribution in [-0.2, 0) is 31.0 Å². The Kier molecular flexibility index (Phi) is 27.9. The van der Waals surface area contributed by atoms with E-state index in [-0.39, 0.29) is 96.6 Å². The molecule has 3 heterocycles. The van der Waals surface area contributed by atoms with Crippen LogP contribution in [0, 0.1) is 0 Å². The van der Waals surface area contributed by atoms with E-state index in [4.69, 9.17) is 15.6 Å². The number of carbonyl (C=O) groups excluding carboxylic acids is 2. The number of ether oxygens (including phenoxy) is 1. The van der Waals surface area contributed by atoms with E-state index in [9.17, 15) is 24.3 Å². The normalized spacial score (nSPS) is 18.6. The number of nitrogens with zero attached hydrogens (tertiary/aromatic N) is 5. The molecule has 1 aromatic heterocycles. The topological polar surface area (TPSA) is 423 Å². The third-order valence-corrected chi connectivity index (χ3v) is 8.30. The SMILES string of the molecule is CO[C@@]1(NC(=O)CSC[C@@H](N)C(=O)O)C(=O)N2C(C(=O)O)=C(CSc3nnnn3C)CS[C@@H]21.O.O.O.O.O.O.O.[Na+]. The van der Waals surface area contributed by atoms with Crippen molar-refractivity contribution in [3.05, 3.63) is 11.3 Å². The molecular weight excluding hydrogens is 633 g/mol. The van der Waals surface area contributed by atoms with Crippen LogP contribution >= 0.6 is 35.3 Å². The Morgan fingerprint density at radius 3 is 2.24 bits per heavy atom. The molecule has 2 amide bonds. The van der Waals surface area contributed by atoms with E-state index in [1.807, 2.05) is 0 Å². The first-order chi connectivity index (χ1) is 15.6. The van der Waals surface area contributed by atoms with Crippen LogP contribution in [0.15, 0.2) is 16.4 Å². The third kappa shape index (κ3) is 10.9. The van der Waals surface area contributed by atoms with Gasteiger partial charge in [-0.05, 0) is 16.0 Å². The molecule has 2 aliphatic rings. The van der Waals surface area contributed by atoms with Gasteiger partial charge in [-0.15, -0.1) is 28.6 Å². The zero-order chi connectivity index (χ0) is 24.3. The summed E-state index contributed by atoms with van der Waals surface area (Å²) in [6.07, 6.45) is 0. The number of carbonyl (C=O) groups is 4. The fourth-order valence-electron chi connectivity index (χ4n) is 3.14. The molecule has 3 atom stereocenters. The zero-order valence-corrected chi connectivity index (χ0v) is 26.4. The minimum atomic E-state index is -1.72. The standard InChI is InChI=1S/C16H21N7O7S3.Na.7H2O/c1-22-15(19-20-21-22)33-4-7-3-32-14-16(30-2,13(29)23(14)10(7)12(27)28)18-9(24)6-31-5-8(17)11(25)26;;;;;;;;/h8,14H,3-6,17H2,1-2H3,(H,18,24)(H,25,26)(H,27,28);;7*1H2/q;+1;;;;;;;/t8-,14-,16+;;;;;;;;/m1......../s1. The van der Waals surface area contributed by atoms with Crippen LogP contribution in [0.4, 0.5) is 0 Å². The van der Waals surface area contributed by atoms with E-state index in [1.165, 1.54) is 35.3 Å². The number of thioether (sulfide) groups is 3. The summed E-state index contributed by atoms with van der Waals surface area (Å²) in [5.74, 6) is -3.32. The van der Waals surface area contributed by atoms with Gasteiger partial charge in [-0.1, -0.05) is 11.8 Å². The van der Waals surface area contributed by atoms with Crippen molar-refractivity contribution in [3.8, 4) is 0 Å². The Morgan fingerprint density at radius 2 is 1.78 bits per heavy atom. The Hall–Kier alpha value is -1.62. The average molecular weight is 669 g/mol. The van der Waals surface area contributed by atoms with Gasteiger partial charge in [0.25, 0.3) is 11.6 Å². The van der Waals surface area contributed by atoms with E-state index < -0.39 is 40.9 Å². The van der Waals surface area contributed by atoms with Crippen molar-refractivity contribution in [2.75, 3.05) is 30.1 Å². The summed E-state index contributed by atoms with van der Waals surface area (Å²) < 4.78 is 6.82. The van der Waals surface area contributed by atoms with Gasteiger partial charge in [0.1, 0.15) is 17.1 Å². The molecule has 1 fully saturated rings. The molecule has 1 aromatic rings. The van der Waals surface area contributed by atoms with E-state index in [0.29, 0.717) is 10.7 Å². The van der Waals surface area contributed by atoms with Crippen molar-refractivity contribution < 1.29 is 102 Å². The zero-order valence-electron chi connectivity index (χ0n) is 22.0.